The summed E-state index contributed by atoms with van der Waals surface area (Å²) in [7, 11) is -3.67. The predicted octanol–water partition coefficient (Wildman–Crippen LogP) is 1.06. The topological polar surface area (TPSA) is 92.2 Å². The van der Waals surface area contributed by atoms with Crippen molar-refractivity contribution in [1.29, 1.82) is 0 Å². The van der Waals surface area contributed by atoms with E-state index in [1.807, 2.05) is 6.92 Å². The van der Waals surface area contributed by atoms with Gasteiger partial charge in [0.15, 0.2) is 0 Å². The average Bonchev–Trinajstić information content (AvgIpc) is 2.48. The van der Waals surface area contributed by atoms with Crippen LogP contribution < -0.4 is 4.72 Å². The molecule has 6 nitrogen and oxygen atoms in total. The maximum Gasteiger partial charge on any atom is 0.241 e. The molecule has 2 rings (SSSR count). The molecule has 0 amide bonds. The fraction of sp³-hybridized carbons (Fsp3) is 0.286. The van der Waals surface area contributed by atoms with E-state index in [1.54, 1.807) is 25.3 Å². The number of sulfonamides is 1. The summed E-state index contributed by atoms with van der Waals surface area (Å²) in [4.78, 5) is 7.93. The lowest BCUT2D eigenvalue weighted by Gasteiger charge is -2.12. The molecular formula is C14H17N3O3S. The summed E-state index contributed by atoms with van der Waals surface area (Å²) in [5.41, 5.74) is 2.65. The maximum atomic E-state index is 12.4. The smallest absolute Gasteiger partial charge is 0.241 e. The highest BCUT2D eigenvalue weighted by atomic mass is 32.2. The Kier molecular flexibility index (Phi) is 4.66. The van der Waals surface area contributed by atoms with Gasteiger partial charge in [0.2, 0.25) is 10.0 Å². The van der Waals surface area contributed by atoms with Gasteiger partial charge in [0.05, 0.1) is 23.7 Å². The van der Waals surface area contributed by atoms with E-state index in [1.165, 1.54) is 12.4 Å². The molecule has 1 aromatic carbocycles. The van der Waals surface area contributed by atoms with Crippen molar-refractivity contribution in [1.82, 2.24) is 14.7 Å². The molecule has 0 fully saturated rings. The van der Waals surface area contributed by atoms with Crippen molar-refractivity contribution in [2.45, 2.75) is 31.9 Å². The van der Waals surface area contributed by atoms with Crippen molar-refractivity contribution < 1.29 is 13.5 Å². The Hall–Kier alpha value is -1.83. The maximum absolute atomic E-state index is 12.4. The van der Waals surface area contributed by atoms with E-state index in [0.29, 0.717) is 16.8 Å². The predicted molar refractivity (Wildman–Crippen MR) is 77.9 cm³/mol. The summed E-state index contributed by atoms with van der Waals surface area (Å²) < 4.78 is 27.3. The zero-order chi connectivity index (χ0) is 15.5. The number of hydrogen-bond donors (Lipinski definition) is 2. The van der Waals surface area contributed by atoms with Gasteiger partial charge >= 0.3 is 0 Å². The number of hydrogen-bond acceptors (Lipinski definition) is 5. The van der Waals surface area contributed by atoms with Gasteiger partial charge in [-0.15, -0.1) is 0 Å². The Morgan fingerprint density at radius 1 is 1.29 bits per heavy atom. The molecular weight excluding hydrogens is 290 g/mol. The van der Waals surface area contributed by atoms with Crippen molar-refractivity contribution in [3.05, 3.63) is 53.1 Å². The summed E-state index contributed by atoms with van der Waals surface area (Å²) in [5.74, 6) is 0. The van der Waals surface area contributed by atoms with Crippen LogP contribution in [0.3, 0.4) is 0 Å². The third-order valence-corrected chi connectivity index (χ3v) is 4.77. The lowest BCUT2D eigenvalue weighted by atomic mass is 10.1. The first-order chi connectivity index (χ1) is 9.94. The van der Waals surface area contributed by atoms with Gasteiger partial charge in [-0.1, -0.05) is 6.07 Å². The SMILES string of the molecule is Cc1cc(CO)cc(S(=O)(=O)NCc2ccncn2)c1C. The molecule has 0 saturated carbocycles. The van der Waals surface area contributed by atoms with Crippen LogP contribution in [-0.2, 0) is 23.2 Å². The van der Waals surface area contributed by atoms with E-state index in [4.69, 9.17) is 0 Å². The molecule has 0 bridgehead atoms. The molecule has 0 aliphatic carbocycles. The van der Waals surface area contributed by atoms with Gasteiger partial charge < -0.3 is 5.11 Å². The first-order valence-electron chi connectivity index (χ1n) is 6.39. The van der Waals surface area contributed by atoms with E-state index < -0.39 is 10.0 Å². The summed E-state index contributed by atoms with van der Waals surface area (Å²) in [6.45, 7) is 3.45. The fourth-order valence-corrected chi connectivity index (χ4v) is 3.30. The van der Waals surface area contributed by atoms with Crippen LogP contribution >= 0.6 is 0 Å². The monoisotopic (exact) mass is 307 g/mol. The number of aliphatic hydroxyl groups excluding tert-OH is 1. The van der Waals surface area contributed by atoms with E-state index in [-0.39, 0.29) is 18.0 Å². The molecule has 0 aliphatic rings. The fourth-order valence-electron chi connectivity index (χ4n) is 1.94. The highest BCUT2D eigenvalue weighted by Gasteiger charge is 2.18. The summed E-state index contributed by atoms with van der Waals surface area (Å²) in [5, 5.41) is 9.22. The van der Waals surface area contributed by atoms with Crippen molar-refractivity contribution in [3.8, 4) is 0 Å². The summed E-state index contributed by atoms with van der Waals surface area (Å²) >= 11 is 0. The second-order valence-corrected chi connectivity index (χ2v) is 6.45. The van der Waals surface area contributed by atoms with Gasteiger partial charge in [-0.25, -0.2) is 23.1 Å². The van der Waals surface area contributed by atoms with Crippen LogP contribution in [0.15, 0.2) is 35.6 Å². The van der Waals surface area contributed by atoms with Gasteiger partial charge in [0.25, 0.3) is 0 Å². The van der Waals surface area contributed by atoms with E-state index in [9.17, 15) is 13.5 Å². The second-order valence-electron chi connectivity index (χ2n) is 4.72. The van der Waals surface area contributed by atoms with Crippen molar-refractivity contribution in [2.75, 3.05) is 0 Å². The highest BCUT2D eigenvalue weighted by Crippen LogP contribution is 2.21. The van der Waals surface area contributed by atoms with Crippen molar-refractivity contribution >= 4 is 10.0 Å². The zero-order valence-electron chi connectivity index (χ0n) is 11.9. The molecule has 0 saturated heterocycles. The minimum Gasteiger partial charge on any atom is -0.392 e. The molecule has 2 aromatic rings. The molecule has 7 heteroatoms. The van der Waals surface area contributed by atoms with Crippen LogP contribution in [0, 0.1) is 13.8 Å². The first kappa shape index (κ1) is 15.6. The Morgan fingerprint density at radius 2 is 2.05 bits per heavy atom. The Balaban J connectivity index is 2.29. The van der Waals surface area contributed by atoms with Gasteiger partial charge in [-0.3, -0.25) is 0 Å². The van der Waals surface area contributed by atoms with E-state index in [2.05, 4.69) is 14.7 Å². The molecule has 0 radical (unpaired) electrons. The molecule has 0 spiro atoms. The third kappa shape index (κ3) is 3.63. The largest absolute Gasteiger partial charge is 0.392 e. The average molecular weight is 307 g/mol. The molecule has 0 aliphatic heterocycles. The minimum absolute atomic E-state index is 0.0900. The molecule has 21 heavy (non-hydrogen) atoms. The summed E-state index contributed by atoms with van der Waals surface area (Å²) in [6, 6.07) is 4.91. The summed E-state index contributed by atoms with van der Waals surface area (Å²) in [6.07, 6.45) is 2.92. The minimum atomic E-state index is -3.67. The van der Waals surface area contributed by atoms with E-state index >= 15 is 0 Å². The number of nitrogens with zero attached hydrogens (tertiary/aromatic N) is 2. The normalized spacial score (nSPS) is 11.6. The number of nitrogens with one attached hydrogen (secondary N) is 1. The molecule has 0 unspecified atom stereocenters. The Labute approximate surface area is 123 Å². The number of aromatic nitrogens is 2. The lowest BCUT2D eigenvalue weighted by Crippen LogP contribution is -2.25. The third-order valence-electron chi connectivity index (χ3n) is 3.24. The van der Waals surface area contributed by atoms with Crippen LogP contribution in [-0.4, -0.2) is 23.5 Å². The number of aryl methyl sites for hydroxylation is 1. The van der Waals surface area contributed by atoms with E-state index in [0.717, 1.165) is 5.56 Å². The quantitative estimate of drug-likeness (QED) is 0.862. The van der Waals surface area contributed by atoms with Crippen LogP contribution in [0.25, 0.3) is 0 Å². The lowest BCUT2D eigenvalue weighted by molar-refractivity contribution is 0.281. The number of aliphatic hydroxyl groups is 1. The van der Waals surface area contributed by atoms with Gasteiger partial charge in [-0.05, 0) is 42.7 Å². The number of rotatable bonds is 5. The molecule has 0 atom stereocenters. The standard InChI is InChI=1S/C14H17N3O3S/c1-10-5-12(8-18)6-14(11(10)2)21(19,20)17-7-13-3-4-15-9-16-13/h3-6,9,17-18H,7-8H2,1-2H3. The molecule has 1 heterocycles. The number of benzene rings is 1. The second kappa shape index (κ2) is 6.30. The first-order valence-corrected chi connectivity index (χ1v) is 7.88. The van der Waals surface area contributed by atoms with Crippen LogP contribution in [0.2, 0.25) is 0 Å². The zero-order valence-corrected chi connectivity index (χ0v) is 12.7. The highest BCUT2D eigenvalue weighted by molar-refractivity contribution is 7.89. The van der Waals surface area contributed by atoms with Crippen LogP contribution in [0.5, 0.6) is 0 Å². The van der Waals surface area contributed by atoms with Crippen LogP contribution in [0.1, 0.15) is 22.4 Å². The Morgan fingerprint density at radius 3 is 2.67 bits per heavy atom. The van der Waals surface area contributed by atoms with Gasteiger partial charge in [0, 0.05) is 6.20 Å². The van der Waals surface area contributed by atoms with Crippen LogP contribution in [0.4, 0.5) is 0 Å². The van der Waals surface area contributed by atoms with Crippen molar-refractivity contribution in [2.24, 2.45) is 0 Å². The van der Waals surface area contributed by atoms with Crippen molar-refractivity contribution in [3.63, 3.8) is 0 Å². The Bertz CT molecular complexity index is 731. The van der Waals surface area contributed by atoms with Gasteiger partial charge in [-0.2, -0.15) is 0 Å². The molecule has 1 aromatic heterocycles. The molecule has 2 N–H and O–H groups in total. The van der Waals surface area contributed by atoms with Gasteiger partial charge in [0.1, 0.15) is 6.33 Å². The molecule has 112 valence electrons.